The van der Waals surface area contributed by atoms with E-state index in [0.29, 0.717) is 16.7 Å². The number of ether oxygens (including phenoxy) is 2. The minimum atomic E-state index is -0.335. The van der Waals surface area contributed by atoms with Gasteiger partial charge in [-0.1, -0.05) is 35.3 Å². The zero-order chi connectivity index (χ0) is 18.9. The first-order chi connectivity index (χ1) is 13.1. The standard InChI is InChI=1S/C22H19Cl2NO2/c1-26-18-4-2-3-15(12-18)19-7-10-25-13-20(19)22(8-9-22)27-14-16-11-17(23)5-6-21(16)24/h2-7,10-13H,8-9,14H2,1H3. The maximum Gasteiger partial charge on any atom is 0.119 e. The van der Waals surface area contributed by atoms with E-state index in [4.69, 9.17) is 32.7 Å². The van der Waals surface area contributed by atoms with Gasteiger partial charge in [0.2, 0.25) is 0 Å². The van der Waals surface area contributed by atoms with E-state index in [1.165, 1.54) is 0 Å². The third-order valence-corrected chi connectivity index (χ3v) is 5.51. The van der Waals surface area contributed by atoms with E-state index in [2.05, 4.69) is 11.1 Å². The molecular formula is C22H19Cl2NO2. The van der Waals surface area contributed by atoms with Crippen molar-refractivity contribution in [3.05, 3.63) is 82.1 Å². The summed E-state index contributed by atoms with van der Waals surface area (Å²) in [6.07, 6.45) is 5.62. The van der Waals surface area contributed by atoms with Crippen LogP contribution in [0.5, 0.6) is 5.75 Å². The van der Waals surface area contributed by atoms with Crippen molar-refractivity contribution in [3.8, 4) is 16.9 Å². The summed E-state index contributed by atoms with van der Waals surface area (Å²) in [6.45, 7) is 0.409. The van der Waals surface area contributed by atoms with Crippen LogP contribution in [0.4, 0.5) is 0 Å². The number of methoxy groups -OCH3 is 1. The van der Waals surface area contributed by atoms with Gasteiger partial charge in [0.15, 0.2) is 0 Å². The van der Waals surface area contributed by atoms with Crippen molar-refractivity contribution in [2.24, 2.45) is 0 Å². The van der Waals surface area contributed by atoms with E-state index in [9.17, 15) is 0 Å². The Kier molecular flexibility index (Phi) is 5.09. The largest absolute Gasteiger partial charge is 0.497 e. The molecule has 3 nitrogen and oxygen atoms in total. The fourth-order valence-corrected chi connectivity index (χ4v) is 3.64. The Balaban J connectivity index is 1.64. The van der Waals surface area contributed by atoms with Gasteiger partial charge >= 0.3 is 0 Å². The molecule has 0 bridgehead atoms. The van der Waals surface area contributed by atoms with Crippen molar-refractivity contribution >= 4 is 23.2 Å². The Bertz CT molecular complexity index is 970. The second-order valence-electron chi connectivity index (χ2n) is 6.67. The SMILES string of the molecule is COc1cccc(-c2ccncc2C2(OCc3cc(Cl)ccc3Cl)CC2)c1. The van der Waals surface area contributed by atoms with E-state index in [-0.39, 0.29) is 5.60 Å². The van der Waals surface area contributed by atoms with Gasteiger partial charge in [0, 0.05) is 28.0 Å². The Morgan fingerprint density at radius 1 is 1.07 bits per heavy atom. The van der Waals surface area contributed by atoms with E-state index >= 15 is 0 Å². The first kappa shape index (κ1) is 18.3. The molecule has 0 saturated heterocycles. The maximum atomic E-state index is 6.35. The average Bonchev–Trinajstić information content (AvgIpc) is 3.50. The van der Waals surface area contributed by atoms with Crippen molar-refractivity contribution in [1.29, 1.82) is 0 Å². The molecule has 1 saturated carbocycles. The lowest BCUT2D eigenvalue weighted by Crippen LogP contribution is -2.14. The van der Waals surface area contributed by atoms with Gasteiger partial charge in [-0.3, -0.25) is 4.98 Å². The molecule has 1 aliphatic carbocycles. The van der Waals surface area contributed by atoms with Crippen molar-refractivity contribution in [1.82, 2.24) is 4.98 Å². The first-order valence-corrected chi connectivity index (χ1v) is 9.54. The van der Waals surface area contributed by atoms with Crippen LogP contribution in [-0.2, 0) is 16.9 Å². The fraction of sp³-hybridized carbons (Fsp3) is 0.227. The average molecular weight is 400 g/mol. The lowest BCUT2D eigenvalue weighted by atomic mass is 9.96. The Labute approximate surface area is 168 Å². The molecule has 27 heavy (non-hydrogen) atoms. The van der Waals surface area contributed by atoms with Gasteiger partial charge in [-0.15, -0.1) is 0 Å². The van der Waals surface area contributed by atoms with Crippen LogP contribution in [0.2, 0.25) is 10.0 Å². The van der Waals surface area contributed by atoms with Crippen LogP contribution in [-0.4, -0.2) is 12.1 Å². The number of hydrogen-bond donors (Lipinski definition) is 0. The number of pyridine rings is 1. The molecule has 5 heteroatoms. The molecule has 1 aliphatic rings. The summed E-state index contributed by atoms with van der Waals surface area (Å²) >= 11 is 12.4. The van der Waals surface area contributed by atoms with Crippen LogP contribution in [0.25, 0.3) is 11.1 Å². The van der Waals surface area contributed by atoms with Gasteiger partial charge in [-0.05, 0) is 65.9 Å². The number of nitrogens with zero attached hydrogens (tertiary/aromatic N) is 1. The van der Waals surface area contributed by atoms with Crippen molar-refractivity contribution in [3.63, 3.8) is 0 Å². The van der Waals surface area contributed by atoms with E-state index < -0.39 is 0 Å². The van der Waals surface area contributed by atoms with Crippen LogP contribution in [0.15, 0.2) is 60.9 Å². The monoisotopic (exact) mass is 399 g/mol. The van der Waals surface area contributed by atoms with E-state index in [1.54, 1.807) is 19.2 Å². The van der Waals surface area contributed by atoms with Crippen molar-refractivity contribution in [2.45, 2.75) is 25.0 Å². The summed E-state index contributed by atoms with van der Waals surface area (Å²) in [5.74, 6) is 0.826. The smallest absolute Gasteiger partial charge is 0.119 e. The Morgan fingerprint density at radius 3 is 2.70 bits per heavy atom. The molecule has 0 amide bonds. The normalized spacial score (nSPS) is 14.8. The van der Waals surface area contributed by atoms with Crippen LogP contribution in [0, 0.1) is 0 Å². The van der Waals surface area contributed by atoms with Crippen LogP contribution < -0.4 is 4.74 Å². The summed E-state index contributed by atoms with van der Waals surface area (Å²) in [7, 11) is 1.67. The molecule has 0 unspecified atom stereocenters. The first-order valence-electron chi connectivity index (χ1n) is 8.78. The topological polar surface area (TPSA) is 31.4 Å². The zero-order valence-corrected chi connectivity index (χ0v) is 16.4. The molecule has 4 rings (SSSR count). The Hall–Kier alpha value is -2.07. The lowest BCUT2D eigenvalue weighted by molar-refractivity contribution is 0.0174. The fourth-order valence-electron chi connectivity index (χ4n) is 3.27. The molecule has 138 valence electrons. The van der Waals surface area contributed by atoms with Gasteiger partial charge in [0.05, 0.1) is 19.3 Å². The highest BCUT2D eigenvalue weighted by Crippen LogP contribution is 2.52. The summed E-state index contributed by atoms with van der Waals surface area (Å²) in [4.78, 5) is 4.35. The number of halogens is 2. The molecule has 0 aliphatic heterocycles. The van der Waals surface area contributed by atoms with Gasteiger partial charge in [0.25, 0.3) is 0 Å². The van der Waals surface area contributed by atoms with Crippen LogP contribution in [0.1, 0.15) is 24.0 Å². The van der Waals surface area contributed by atoms with E-state index in [1.807, 2.05) is 42.7 Å². The van der Waals surface area contributed by atoms with Crippen LogP contribution >= 0.6 is 23.2 Å². The molecule has 1 heterocycles. The third-order valence-electron chi connectivity index (χ3n) is 4.91. The van der Waals surface area contributed by atoms with Gasteiger partial charge in [0.1, 0.15) is 5.75 Å². The predicted octanol–water partition coefficient (Wildman–Crippen LogP) is 6.27. The predicted molar refractivity (Wildman–Crippen MR) is 108 cm³/mol. The van der Waals surface area contributed by atoms with Gasteiger partial charge in [-0.25, -0.2) is 0 Å². The molecule has 0 spiro atoms. The minimum Gasteiger partial charge on any atom is -0.497 e. The van der Waals surface area contributed by atoms with Crippen molar-refractivity contribution < 1.29 is 9.47 Å². The third kappa shape index (κ3) is 3.81. The molecular weight excluding hydrogens is 381 g/mol. The molecule has 2 aromatic carbocycles. The van der Waals surface area contributed by atoms with Gasteiger partial charge < -0.3 is 9.47 Å². The number of hydrogen-bond acceptors (Lipinski definition) is 3. The molecule has 3 aromatic rings. The van der Waals surface area contributed by atoms with Crippen molar-refractivity contribution in [2.75, 3.05) is 7.11 Å². The highest BCUT2D eigenvalue weighted by molar-refractivity contribution is 6.33. The summed E-state index contributed by atoms with van der Waals surface area (Å²) in [5, 5.41) is 1.32. The second-order valence-corrected chi connectivity index (χ2v) is 7.52. The second kappa shape index (κ2) is 7.51. The molecule has 0 N–H and O–H groups in total. The molecule has 1 fully saturated rings. The molecule has 1 aromatic heterocycles. The summed E-state index contributed by atoms with van der Waals surface area (Å²) < 4.78 is 11.7. The molecule has 0 radical (unpaired) electrons. The van der Waals surface area contributed by atoms with Crippen LogP contribution in [0.3, 0.4) is 0 Å². The Morgan fingerprint density at radius 2 is 1.93 bits per heavy atom. The highest BCUT2D eigenvalue weighted by atomic mass is 35.5. The number of rotatable bonds is 6. The summed E-state index contributed by atoms with van der Waals surface area (Å²) in [6, 6.07) is 15.5. The molecule has 0 atom stereocenters. The minimum absolute atomic E-state index is 0.335. The quantitative estimate of drug-likeness (QED) is 0.489. The summed E-state index contributed by atoms with van der Waals surface area (Å²) in [5.41, 5.74) is 3.85. The maximum absolute atomic E-state index is 6.35. The lowest BCUT2D eigenvalue weighted by Gasteiger charge is -2.21. The highest BCUT2D eigenvalue weighted by Gasteiger charge is 2.47. The zero-order valence-electron chi connectivity index (χ0n) is 14.9. The number of aromatic nitrogens is 1. The van der Waals surface area contributed by atoms with E-state index in [0.717, 1.165) is 40.8 Å². The number of benzene rings is 2. The van der Waals surface area contributed by atoms with Gasteiger partial charge in [-0.2, -0.15) is 0 Å².